The second kappa shape index (κ2) is 5.28. The van der Waals surface area contributed by atoms with Gasteiger partial charge in [-0.25, -0.2) is 0 Å². The zero-order chi connectivity index (χ0) is 12.3. The van der Waals surface area contributed by atoms with E-state index in [1.165, 1.54) is 0 Å². The lowest BCUT2D eigenvalue weighted by atomic mass is 9.96. The average molecular weight is 244 g/mol. The van der Waals surface area contributed by atoms with Crippen molar-refractivity contribution in [2.75, 3.05) is 0 Å². The van der Waals surface area contributed by atoms with E-state index in [4.69, 9.17) is 0 Å². The van der Waals surface area contributed by atoms with E-state index in [-0.39, 0.29) is 0 Å². The van der Waals surface area contributed by atoms with Gasteiger partial charge in [-0.2, -0.15) is 0 Å². The van der Waals surface area contributed by atoms with Gasteiger partial charge in [-0.3, -0.25) is 0 Å². The van der Waals surface area contributed by atoms with Gasteiger partial charge in [0.05, 0.1) is 0 Å². The molecule has 0 amide bonds. The summed E-state index contributed by atoms with van der Waals surface area (Å²) in [5, 5.41) is 9.97. The van der Waals surface area contributed by atoms with Crippen molar-refractivity contribution in [3.05, 3.63) is 48.0 Å². The second-order valence-corrected chi connectivity index (χ2v) is 4.56. The van der Waals surface area contributed by atoms with E-state index >= 15 is 0 Å². The molecule has 1 nitrogen and oxygen atoms in total. The van der Waals surface area contributed by atoms with Gasteiger partial charge < -0.3 is 5.11 Å². The zero-order valence-corrected chi connectivity index (χ0v) is 10.7. The molecule has 1 N–H and O–H groups in total. The van der Waals surface area contributed by atoms with Crippen molar-refractivity contribution in [2.24, 2.45) is 0 Å². The highest BCUT2D eigenvalue weighted by molar-refractivity contribution is 7.80. The smallest absolute Gasteiger partial charge is 0.119 e. The average Bonchev–Trinajstić information content (AvgIpc) is 2.35. The summed E-state index contributed by atoms with van der Waals surface area (Å²) >= 11 is 4.51. The Kier molecular flexibility index (Phi) is 3.75. The summed E-state index contributed by atoms with van der Waals surface area (Å²) < 4.78 is 0. The molecule has 17 heavy (non-hydrogen) atoms. The van der Waals surface area contributed by atoms with Gasteiger partial charge in [0.15, 0.2) is 0 Å². The van der Waals surface area contributed by atoms with Crippen LogP contribution in [0.2, 0.25) is 0 Å². The van der Waals surface area contributed by atoms with Gasteiger partial charge in [0.25, 0.3) is 0 Å². The Morgan fingerprint density at radius 3 is 2.41 bits per heavy atom. The first-order chi connectivity index (χ1) is 8.24. The quantitative estimate of drug-likeness (QED) is 0.771. The van der Waals surface area contributed by atoms with E-state index < -0.39 is 0 Å². The molecule has 0 aliphatic carbocycles. The van der Waals surface area contributed by atoms with Gasteiger partial charge in [0.1, 0.15) is 5.75 Å². The maximum absolute atomic E-state index is 9.97. The van der Waals surface area contributed by atoms with Gasteiger partial charge in [-0.05, 0) is 24.1 Å². The first-order valence-corrected chi connectivity index (χ1v) is 6.28. The molecule has 0 radical (unpaired) electrons. The van der Waals surface area contributed by atoms with Crippen molar-refractivity contribution in [1.29, 1.82) is 0 Å². The number of aromatic hydroxyl groups is 1. The highest BCUT2D eigenvalue weighted by atomic mass is 32.1. The fourth-order valence-electron chi connectivity index (χ4n) is 2.05. The number of hydrogen-bond acceptors (Lipinski definition) is 2. The van der Waals surface area contributed by atoms with Crippen LogP contribution >= 0.6 is 12.6 Å². The normalized spacial score (nSPS) is 10.5. The largest absolute Gasteiger partial charge is 0.508 e. The van der Waals surface area contributed by atoms with Crippen LogP contribution in [0.5, 0.6) is 5.75 Å². The van der Waals surface area contributed by atoms with Crippen LogP contribution in [0.1, 0.15) is 18.9 Å². The molecular formula is C15H16OS. The summed E-state index contributed by atoms with van der Waals surface area (Å²) in [6.07, 6.45) is 1.87. The number of thiol groups is 1. The van der Waals surface area contributed by atoms with Crippen molar-refractivity contribution >= 4 is 12.6 Å². The van der Waals surface area contributed by atoms with E-state index in [0.29, 0.717) is 5.75 Å². The minimum absolute atomic E-state index is 0.364. The summed E-state index contributed by atoms with van der Waals surface area (Å²) in [6.45, 7) is 2.11. The Labute approximate surface area is 108 Å². The minimum Gasteiger partial charge on any atom is -0.508 e. The number of benzene rings is 2. The Hall–Kier alpha value is -1.41. The van der Waals surface area contributed by atoms with Crippen molar-refractivity contribution in [3.63, 3.8) is 0 Å². The third kappa shape index (κ3) is 2.47. The third-order valence-electron chi connectivity index (χ3n) is 2.83. The van der Waals surface area contributed by atoms with Crippen molar-refractivity contribution in [1.82, 2.24) is 0 Å². The molecule has 0 aromatic heterocycles. The van der Waals surface area contributed by atoms with E-state index in [2.05, 4.69) is 19.6 Å². The lowest BCUT2D eigenvalue weighted by Crippen LogP contribution is -1.92. The topological polar surface area (TPSA) is 20.2 Å². The monoisotopic (exact) mass is 244 g/mol. The van der Waals surface area contributed by atoms with Gasteiger partial charge in [0, 0.05) is 16.0 Å². The Balaban J connectivity index is 2.63. The van der Waals surface area contributed by atoms with Gasteiger partial charge in [-0.1, -0.05) is 43.7 Å². The van der Waals surface area contributed by atoms with Crippen LogP contribution in [0, 0.1) is 0 Å². The van der Waals surface area contributed by atoms with Crippen LogP contribution < -0.4 is 0 Å². The van der Waals surface area contributed by atoms with Gasteiger partial charge in [0.2, 0.25) is 0 Å². The second-order valence-electron chi connectivity index (χ2n) is 4.07. The molecule has 0 saturated carbocycles. The zero-order valence-electron chi connectivity index (χ0n) is 9.85. The Morgan fingerprint density at radius 2 is 1.76 bits per heavy atom. The van der Waals surface area contributed by atoms with Crippen LogP contribution in [0.15, 0.2) is 47.4 Å². The molecule has 0 atom stereocenters. The lowest BCUT2D eigenvalue weighted by Gasteiger charge is -2.13. The predicted octanol–water partition coefficient (Wildman–Crippen LogP) is 4.30. The van der Waals surface area contributed by atoms with E-state index in [0.717, 1.165) is 34.4 Å². The molecule has 2 rings (SSSR count). The molecule has 0 aliphatic rings. The fourth-order valence-corrected chi connectivity index (χ4v) is 2.39. The highest BCUT2D eigenvalue weighted by Gasteiger charge is 2.12. The number of phenolic OH excluding ortho intramolecular Hbond substituents is 1. The SMILES string of the molecule is CCCc1c(O)ccc(S)c1-c1ccccc1. The van der Waals surface area contributed by atoms with Crippen LogP contribution in [0.25, 0.3) is 11.1 Å². The molecule has 2 aromatic carbocycles. The summed E-state index contributed by atoms with van der Waals surface area (Å²) in [5.41, 5.74) is 3.15. The third-order valence-corrected chi connectivity index (χ3v) is 3.20. The standard InChI is InChI=1S/C15H16OS/c1-2-6-12-13(16)9-10-14(17)15(12)11-7-4-3-5-8-11/h3-5,7-10,16-17H,2,6H2,1H3. The first-order valence-electron chi connectivity index (χ1n) is 5.83. The van der Waals surface area contributed by atoms with Gasteiger partial charge in [-0.15, -0.1) is 12.6 Å². The molecule has 0 fully saturated rings. The van der Waals surface area contributed by atoms with Crippen molar-refractivity contribution in [3.8, 4) is 16.9 Å². The van der Waals surface area contributed by atoms with Crippen LogP contribution in [-0.2, 0) is 6.42 Å². The molecule has 0 saturated heterocycles. The first kappa shape index (κ1) is 12.1. The molecule has 2 heteroatoms. The number of hydrogen-bond donors (Lipinski definition) is 2. The molecule has 0 bridgehead atoms. The summed E-state index contributed by atoms with van der Waals surface area (Å²) in [5.74, 6) is 0.364. The van der Waals surface area contributed by atoms with E-state index in [1.54, 1.807) is 6.07 Å². The highest BCUT2D eigenvalue weighted by Crippen LogP contribution is 2.36. The number of phenols is 1. The molecule has 0 spiro atoms. The summed E-state index contributed by atoms with van der Waals surface area (Å²) in [7, 11) is 0. The molecule has 2 aromatic rings. The van der Waals surface area contributed by atoms with Crippen LogP contribution in [0.4, 0.5) is 0 Å². The predicted molar refractivity (Wildman–Crippen MR) is 74.8 cm³/mol. The van der Waals surface area contributed by atoms with E-state index in [1.807, 2.05) is 36.4 Å². The summed E-state index contributed by atoms with van der Waals surface area (Å²) in [4.78, 5) is 0.914. The minimum atomic E-state index is 0.364. The summed E-state index contributed by atoms with van der Waals surface area (Å²) in [6, 6.07) is 13.7. The molecule has 88 valence electrons. The molecular weight excluding hydrogens is 228 g/mol. The van der Waals surface area contributed by atoms with Crippen LogP contribution in [0.3, 0.4) is 0 Å². The van der Waals surface area contributed by atoms with E-state index in [9.17, 15) is 5.11 Å². The Bertz CT molecular complexity index is 506. The fraction of sp³-hybridized carbons (Fsp3) is 0.200. The molecule has 0 aliphatic heterocycles. The maximum Gasteiger partial charge on any atom is 0.119 e. The van der Waals surface area contributed by atoms with Crippen molar-refractivity contribution < 1.29 is 5.11 Å². The lowest BCUT2D eigenvalue weighted by molar-refractivity contribution is 0.467. The maximum atomic E-state index is 9.97. The molecule has 0 heterocycles. The van der Waals surface area contributed by atoms with Crippen molar-refractivity contribution in [2.45, 2.75) is 24.7 Å². The molecule has 0 unspecified atom stereocenters. The van der Waals surface area contributed by atoms with Crippen LogP contribution in [-0.4, -0.2) is 5.11 Å². The number of rotatable bonds is 3. The Morgan fingerprint density at radius 1 is 1.06 bits per heavy atom. The van der Waals surface area contributed by atoms with Gasteiger partial charge >= 0.3 is 0 Å².